The van der Waals surface area contributed by atoms with Crippen LogP contribution in [0.5, 0.6) is 0 Å². The lowest BCUT2D eigenvalue weighted by Gasteiger charge is -2.20. The molecule has 0 aliphatic carbocycles. The van der Waals surface area contributed by atoms with Gasteiger partial charge in [-0.05, 0) is 44.5 Å². The summed E-state index contributed by atoms with van der Waals surface area (Å²) in [7, 11) is 0. The van der Waals surface area contributed by atoms with E-state index in [2.05, 4.69) is 0 Å². The number of halogens is 2. The van der Waals surface area contributed by atoms with Crippen LogP contribution in [0, 0.1) is 0 Å². The van der Waals surface area contributed by atoms with E-state index in [1.807, 2.05) is 6.07 Å². The minimum absolute atomic E-state index is 0.211. The molecule has 1 aliphatic heterocycles. The summed E-state index contributed by atoms with van der Waals surface area (Å²) in [4.78, 5) is 26.7. The van der Waals surface area contributed by atoms with Gasteiger partial charge in [0.15, 0.2) is 0 Å². The van der Waals surface area contributed by atoms with Gasteiger partial charge in [-0.15, -0.1) is 0 Å². The van der Waals surface area contributed by atoms with Crippen LogP contribution in [0.15, 0.2) is 30.5 Å². The molecule has 25 heavy (non-hydrogen) atoms. The summed E-state index contributed by atoms with van der Waals surface area (Å²) >= 11 is 12.0. The van der Waals surface area contributed by atoms with Gasteiger partial charge in [-0.3, -0.25) is 4.79 Å². The van der Waals surface area contributed by atoms with Gasteiger partial charge < -0.3 is 9.64 Å². The van der Waals surface area contributed by atoms with Crippen LogP contribution in [0.3, 0.4) is 0 Å². The van der Waals surface area contributed by atoms with E-state index in [4.69, 9.17) is 27.9 Å². The van der Waals surface area contributed by atoms with E-state index >= 15 is 0 Å². The van der Waals surface area contributed by atoms with Crippen LogP contribution < -0.4 is 0 Å². The average molecular weight is 381 g/mol. The van der Waals surface area contributed by atoms with Gasteiger partial charge in [0.05, 0.1) is 10.0 Å². The molecule has 132 valence electrons. The van der Waals surface area contributed by atoms with E-state index in [-0.39, 0.29) is 5.91 Å². The van der Waals surface area contributed by atoms with Gasteiger partial charge in [-0.1, -0.05) is 29.3 Å². The zero-order valence-electron chi connectivity index (χ0n) is 14.2. The molecular weight excluding hydrogens is 363 g/mol. The van der Waals surface area contributed by atoms with Gasteiger partial charge in [0, 0.05) is 24.8 Å². The minimum Gasteiger partial charge on any atom is -0.443 e. The summed E-state index contributed by atoms with van der Waals surface area (Å²) in [5, 5.41) is 0.916. The molecule has 5 nitrogen and oxygen atoms in total. The van der Waals surface area contributed by atoms with E-state index in [9.17, 15) is 9.59 Å². The van der Waals surface area contributed by atoms with Crippen molar-refractivity contribution < 1.29 is 14.3 Å². The smallest absolute Gasteiger partial charge is 0.419 e. The second-order valence-electron chi connectivity index (χ2n) is 6.95. The Morgan fingerprint density at radius 3 is 2.56 bits per heavy atom. The number of nitrogens with zero attached hydrogens (tertiary/aromatic N) is 2. The molecular formula is C18H18Cl2N2O3. The first-order valence-corrected chi connectivity index (χ1v) is 8.58. The SMILES string of the molecule is CC(C)(C)OC(=O)n1ccc2c1C(=O)N(Cc1ccc(Cl)c(Cl)c1)C2. The lowest BCUT2D eigenvalue weighted by atomic mass is 10.2. The first kappa shape index (κ1) is 17.8. The average Bonchev–Trinajstić information content (AvgIpc) is 3.03. The fraction of sp³-hybridized carbons (Fsp3) is 0.333. The third-order valence-electron chi connectivity index (χ3n) is 3.77. The standard InChI is InChI=1S/C18H18Cl2N2O3/c1-18(2,3)25-17(24)22-7-6-12-10-21(16(23)15(12)22)9-11-4-5-13(19)14(20)8-11/h4-8H,9-10H2,1-3H3. The Balaban J connectivity index is 1.80. The molecule has 7 heteroatoms. The van der Waals surface area contributed by atoms with Crippen LogP contribution in [-0.2, 0) is 17.8 Å². The Labute approximate surface area is 156 Å². The van der Waals surface area contributed by atoms with Gasteiger partial charge >= 0.3 is 6.09 Å². The number of ether oxygens (including phenoxy) is 1. The van der Waals surface area contributed by atoms with Crippen LogP contribution in [0.4, 0.5) is 4.79 Å². The molecule has 1 aromatic carbocycles. The molecule has 1 aliphatic rings. The fourth-order valence-electron chi connectivity index (χ4n) is 2.72. The number of carbonyl (C=O) groups excluding carboxylic acids is 2. The Morgan fingerprint density at radius 2 is 1.92 bits per heavy atom. The monoisotopic (exact) mass is 380 g/mol. The Morgan fingerprint density at radius 1 is 1.20 bits per heavy atom. The van der Waals surface area contributed by atoms with Crippen LogP contribution in [0.2, 0.25) is 10.0 Å². The van der Waals surface area contributed by atoms with Crippen molar-refractivity contribution >= 4 is 35.2 Å². The summed E-state index contributed by atoms with van der Waals surface area (Å²) in [5.41, 5.74) is 1.40. The summed E-state index contributed by atoms with van der Waals surface area (Å²) in [6, 6.07) is 7.04. The second-order valence-corrected chi connectivity index (χ2v) is 7.76. The van der Waals surface area contributed by atoms with E-state index in [1.54, 1.807) is 50.1 Å². The quantitative estimate of drug-likeness (QED) is 0.756. The highest BCUT2D eigenvalue weighted by atomic mass is 35.5. The lowest BCUT2D eigenvalue weighted by molar-refractivity contribution is 0.0520. The molecule has 0 N–H and O–H groups in total. The molecule has 0 saturated carbocycles. The van der Waals surface area contributed by atoms with E-state index in [1.165, 1.54) is 4.57 Å². The predicted molar refractivity (Wildman–Crippen MR) is 96.1 cm³/mol. The third kappa shape index (κ3) is 3.67. The van der Waals surface area contributed by atoms with Crippen LogP contribution in [0.1, 0.15) is 42.4 Å². The van der Waals surface area contributed by atoms with Crippen molar-refractivity contribution in [3.63, 3.8) is 0 Å². The number of amides is 1. The number of benzene rings is 1. The summed E-state index contributed by atoms with van der Waals surface area (Å²) in [6.45, 7) is 6.18. The largest absolute Gasteiger partial charge is 0.443 e. The number of aromatic nitrogens is 1. The van der Waals surface area contributed by atoms with Crippen LogP contribution in [0.25, 0.3) is 0 Å². The predicted octanol–water partition coefficient (Wildman–Crippen LogP) is 4.73. The molecule has 1 aromatic heterocycles. The Hall–Kier alpha value is -1.98. The second kappa shape index (κ2) is 6.39. The number of hydrogen-bond acceptors (Lipinski definition) is 3. The van der Waals surface area contributed by atoms with Gasteiger partial charge in [0.25, 0.3) is 5.91 Å². The zero-order valence-corrected chi connectivity index (χ0v) is 15.7. The number of hydrogen-bond donors (Lipinski definition) is 0. The van der Waals surface area contributed by atoms with Crippen molar-refractivity contribution in [1.29, 1.82) is 0 Å². The van der Waals surface area contributed by atoms with E-state index in [0.717, 1.165) is 11.1 Å². The highest BCUT2D eigenvalue weighted by Crippen LogP contribution is 2.28. The molecule has 0 bridgehead atoms. The highest BCUT2D eigenvalue weighted by molar-refractivity contribution is 6.42. The van der Waals surface area contributed by atoms with Gasteiger partial charge in [-0.25, -0.2) is 9.36 Å². The molecule has 0 saturated heterocycles. The Bertz CT molecular complexity index is 852. The molecule has 0 radical (unpaired) electrons. The van der Waals surface area contributed by atoms with Crippen molar-refractivity contribution in [3.05, 3.63) is 57.3 Å². The molecule has 0 atom stereocenters. The maximum absolute atomic E-state index is 12.7. The summed E-state index contributed by atoms with van der Waals surface area (Å²) < 4.78 is 6.63. The molecule has 0 spiro atoms. The summed E-state index contributed by atoms with van der Waals surface area (Å²) in [5.74, 6) is -0.211. The van der Waals surface area contributed by atoms with Crippen molar-refractivity contribution in [1.82, 2.24) is 9.47 Å². The fourth-order valence-corrected chi connectivity index (χ4v) is 3.04. The molecule has 2 heterocycles. The van der Waals surface area contributed by atoms with E-state index < -0.39 is 11.7 Å². The van der Waals surface area contributed by atoms with Gasteiger partial charge in [-0.2, -0.15) is 0 Å². The number of rotatable bonds is 2. The molecule has 0 unspecified atom stereocenters. The maximum Gasteiger partial charge on any atom is 0.419 e. The molecule has 1 amide bonds. The van der Waals surface area contributed by atoms with Gasteiger partial charge in [0.1, 0.15) is 11.3 Å². The molecule has 0 fully saturated rings. The first-order valence-electron chi connectivity index (χ1n) is 7.82. The Kier molecular flexibility index (Phi) is 4.56. The normalized spacial score (nSPS) is 14.0. The summed E-state index contributed by atoms with van der Waals surface area (Å²) in [6.07, 6.45) is 1.02. The van der Waals surface area contributed by atoms with Crippen molar-refractivity contribution in [2.75, 3.05) is 0 Å². The van der Waals surface area contributed by atoms with Crippen LogP contribution >= 0.6 is 23.2 Å². The molecule has 2 aromatic rings. The number of fused-ring (bicyclic) bond motifs is 1. The van der Waals surface area contributed by atoms with Gasteiger partial charge in [0.2, 0.25) is 0 Å². The molecule has 3 rings (SSSR count). The minimum atomic E-state index is -0.629. The maximum atomic E-state index is 12.7. The third-order valence-corrected chi connectivity index (χ3v) is 4.51. The number of carbonyl (C=O) groups is 2. The lowest BCUT2D eigenvalue weighted by Crippen LogP contribution is -2.30. The first-order chi connectivity index (χ1) is 11.7. The van der Waals surface area contributed by atoms with Crippen molar-refractivity contribution in [3.8, 4) is 0 Å². The highest BCUT2D eigenvalue weighted by Gasteiger charge is 2.33. The van der Waals surface area contributed by atoms with Crippen molar-refractivity contribution in [2.45, 2.75) is 39.5 Å². The van der Waals surface area contributed by atoms with E-state index in [0.29, 0.717) is 28.8 Å². The topological polar surface area (TPSA) is 51.5 Å². The van der Waals surface area contributed by atoms with Crippen molar-refractivity contribution in [2.24, 2.45) is 0 Å². The van der Waals surface area contributed by atoms with Crippen LogP contribution in [-0.4, -0.2) is 27.1 Å². The zero-order chi connectivity index (χ0) is 18.4.